The molecule has 18 heavy (non-hydrogen) atoms. The van der Waals surface area contributed by atoms with Gasteiger partial charge in [-0.15, -0.1) is 11.3 Å². The Morgan fingerprint density at radius 3 is 2.56 bits per heavy atom. The molecule has 0 radical (unpaired) electrons. The van der Waals surface area contributed by atoms with Crippen LogP contribution in [0.1, 0.15) is 16.5 Å². The monoisotopic (exact) mass is 351 g/mol. The highest BCUT2D eigenvalue weighted by atomic mass is 79.9. The Morgan fingerprint density at radius 1 is 1.28 bits per heavy atom. The van der Waals surface area contributed by atoms with Gasteiger partial charge >= 0.3 is 0 Å². The fraction of sp³-hybridized carbons (Fsp3) is 0.167. The molecule has 0 amide bonds. The molecule has 0 aliphatic rings. The Balaban J connectivity index is 2.15. The van der Waals surface area contributed by atoms with Gasteiger partial charge in [-0.2, -0.15) is 0 Å². The average molecular weight is 353 g/mol. The Bertz CT molecular complexity index is 554. The van der Waals surface area contributed by atoms with Crippen LogP contribution < -0.4 is 5.73 Å². The first kappa shape index (κ1) is 13.9. The SMILES string of the molecule is NC(Cc1ccc(F)c(F)c1)c1cc(Br)c(Cl)s1. The first-order valence-electron chi connectivity index (χ1n) is 5.11. The fourth-order valence-corrected chi connectivity index (χ4v) is 3.30. The summed E-state index contributed by atoms with van der Waals surface area (Å²) in [5, 5.41) is 0. The predicted octanol–water partition coefficient (Wildman–Crippen LogP) is 4.68. The summed E-state index contributed by atoms with van der Waals surface area (Å²) < 4.78 is 27.3. The van der Waals surface area contributed by atoms with Crippen molar-refractivity contribution in [2.24, 2.45) is 5.73 Å². The van der Waals surface area contributed by atoms with Crippen molar-refractivity contribution in [3.63, 3.8) is 0 Å². The molecule has 1 atom stereocenters. The van der Waals surface area contributed by atoms with E-state index in [0.29, 0.717) is 16.3 Å². The summed E-state index contributed by atoms with van der Waals surface area (Å²) in [6.07, 6.45) is 0.431. The number of nitrogens with two attached hydrogens (primary N) is 1. The summed E-state index contributed by atoms with van der Waals surface area (Å²) in [5.74, 6) is -1.71. The van der Waals surface area contributed by atoms with Crippen LogP contribution in [0, 0.1) is 11.6 Å². The molecule has 6 heteroatoms. The largest absolute Gasteiger partial charge is 0.323 e. The minimum atomic E-state index is -0.856. The Morgan fingerprint density at radius 2 is 2.00 bits per heavy atom. The van der Waals surface area contributed by atoms with E-state index >= 15 is 0 Å². The Kier molecular flexibility index (Phi) is 4.37. The third kappa shape index (κ3) is 3.09. The molecule has 0 saturated carbocycles. The van der Waals surface area contributed by atoms with Gasteiger partial charge < -0.3 is 5.73 Å². The Labute approximate surface area is 121 Å². The second-order valence-corrected chi connectivity index (χ2v) is 6.37. The molecule has 2 rings (SSSR count). The quantitative estimate of drug-likeness (QED) is 0.852. The highest BCUT2D eigenvalue weighted by Gasteiger charge is 2.13. The van der Waals surface area contributed by atoms with Crippen LogP contribution in [-0.2, 0) is 6.42 Å². The van der Waals surface area contributed by atoms with Gasteiger partial charge in [0.15, 0.2) is 11.6 Å². The van der Waals surface area contributed by atoms with E-state index in [9.17, 15) is 8.78 Å². The van der Waals surface area contributed by atoms with Crippen molar-refractivity contribution in [1.82, 2.24) is 0 Å². The highest BCUT2D eigenvalue weighted by molar-refractivity contribution is 9.10. The minimum absolute atomic E-state index is 0.288. The van der Waals surface area contributed by atoms with E-state index in [2.05, 4.69) is 15.9 Å². The standard InChI is InChI=1S/C12H9BrClF2NS/c13-7-5-11(18-12(7)14)10(17)4-6-1-2-8(15)9(16)3-6/h1-3,5,10H,4,17H2. The van der Waals surface area contributed by atoms with Gasteiger partial charge in [0.25, 0.3) is 0 Å². The van der Waals surface area contributed by atoms with Gasteiger partial charge in [0, 0.05) is 15.4 Å². The van der Waals surface area contributed by atoms with E-state index in [-0.39, 0.29) is 6.04 Å². The van der Waals surface area contributed by atoms with Crippen molar-refractivity contribution < 1.29 is 8.78 Å². The third-order valence-corrected chi connectivity index (χ3v) is 5.08. The first-order chi connectivity index (χ1) is 8.47. The van der Waals surface area contributed by atoms with Crippen molar-refractivity contribution in [2.45, 2.75) is 12.5 Å². The van der Waals surface area contributed by atoms with Gasteiger partial charge in [0.05, 0.1) is 0 Å². The first-order valence-corrected chi connectivity index (χ1v) is 7.10. The molecule has 1 nitrogen and oxygen atoms in total. The second kappa shape index (κ2) is 5.65. The zero-order valence-electron chi connectivity index (χ0n) is 9.09. The molecule has 1 heterocycles. The molecule has 2 N–H and O–H groups in total. The smallest absolute Gasteiger partial charge is 0.159 e. The number of hydrogen-bond acceptors (Lipinski definition) is 2. The molecular formula is C12H9BrClF2NS. The molecule has 1 aromatic heterocycles. The van der Waals surface area contributed by atoms with E-state index < -0.39 is 11.6 Å². The van der Waals surface area contributed by atoms with Crippen LogP contribution in [0.4, 0.5) is 8.78 Å². The van der Waals surface area contributed by atoms with Crippen LogP contribution in [0.5, 0.6) is 0 Å². The molecule has 0 aliphatic heterocycles. The second-order valence-electron chi connectivity index (χ2n) is 3.83. The lowest BCUT2D eigenvalue weighted by Crippen LogP contribution is -2.12. The summed E-state index contributed by atoms with van der Waals surface area (Å²) in [5.41, 5.74) is 6.67. The van der Waals surface area contributed by atoms with E-state index in [4.69, 9.17) is 17.3 Å². The van der Waals surface area contributed by atoms with Crippen LogP contribution in [0.25, 0.3) is 0 Å². The van der Waals surface area contributed by atoms with Crippen molar-refractivity contribution in [3.8, 4) is 0 Å². The van der Waals surface area contributed by atoms with Crippen LogP contribution >= 0.6 is 38.9 Å². The van der Waals surface area contributed by atoms with Crippen LogP contribution in [0.2, 0.25) is 4.34 Å². The fourth-order valence-electron chi connectivity index (χ4n) is 1.57. The summed E-state index contributed by atoms with van der Waals surface area (Å²) in [6.45, 7) is 0. The van der Waals surface area contributed by atoms with E-state index in [1.165, 1.54) is 23.5 Å². The highest BCUT2D eigenvalue weighted by Crippen LogP contribution is 2.35. The maximum atomic E-state index is 13.1. The lowest BCUT2D eigenvalue weighted by Gasteiger charge is -2.09. The van der Waals surface area contributed by atoms with Gasteiger partial charge in [0.1, 0.15) is 4.34 Å². The predicted molar refractivity (Wildman–Crippen MR) is 74.0 cm³/mol. The van der Waals surface area contributed by atoms with Gasteiger partial charge in [-0.05, 0) is 46.1 Å². The normalized spacial score (nSPS) is 12.7. The summed E-state index contributed by atoms with van der Waals surface area (Å²) in [7, 11) is 0. The molecule has 1 aromatic carbocycles. The van der Waals surface area contributed by atoms with Gasteiger partial charge in [0.2, 0.25) is 0 Å². The summed E-state index contributed by atoms with van der Waals surface area (Å²) in [4.78, 5) is 0.900. The maximum Gasteiger partial charge on any atom is 0.159 e. The van der Waals surface area contributed by atoms with Crippen molar-refractivity contribution in [3.05, 3.63) is 55.1 Å². The number of hydrogen-bond donors (Lipinski definition) is 1. The zero-order chi connectivity index (χ0) is 13.3. The molecule has 0 bridgehead atoms. The van der Waals surface area contributed by atoms with Crippen molar-refractivity contribution >= 4 is 38.9 Å². The molecule has 0 fully saturated rings. The van der Waals surface area contributed by atoms with Crippen LogP contribution in [0.3, 0.4) is 0 Å². The molecule has 96 valence electrons. The zero-order valence-corrected chi connectivity index (χ0v) is 12.2. The molecule has 1 unspecified atom stereocenters. The molecular weight excluding hydrogens is 344 g/mol. The van der Waals surface area contributed by atoms with Crippen LogP contribution in [-0.4, -0.2) is 0 Å². The van der Waals surface area contributed by atoms with Crippen LogP contribution in [0.15, 0.2) is 28.7 Å². The molecule has 2 aromatic rings. The minimum Gasteiger partial charge on any atom is -0.323 e. The number of halogens is 4. The summed E-state index contributed by atoms with van der Waals surface area (Å²) in [6, 6.07) is 5.36. The van der Waals surface area contributed by atoms with E-state index in [1.54, 1.807) is 0 Å². The number of rotatable bonds is 3. The van der Waals surface area contributed by atoms with Crippen molar-refractivity contribution in [1.29, 1.82) is 0 Å². The Hall–Kier alpha value is -0.490. The number of benzene rings is 1. The average Bonchev–Trinajstić information content (AvgIpc) is 2.65. The third-order valence-electron chi connectivity index (χ3n) is 2.47. The van der Waals surface area contributed by atoms with E-state index in [1.807, 2.05) is 6.07 Å². The molecule has 0 aliphatic carbocycles. The number of thiophene rings is 1. The lowest BCUT2D eigenvalue weighted by molar-refractivity contribution is 0.506. The molecule has 0 spiro atoms. The van der Waals surface area contributed by atoms with Gasteiger partial charge in [-0.1, -0.05) is 17.7 Å². The topological polar surface area (TPSA) is 26.0 Å². The van der Waals surface area contributed by atoms with Gasteiger partial charge in [-0.25, -0.2) is 8.78 Å². The molecule has 0 saturated heterocycles. The van der Waals surface area contributed by atoms with Gasteiger partial charge in [-0.3, -0.25) is 0 Å². The summed E-state index contributed by atoms with van der Waals surface area (Å²) >= 11 is 10.6. The lowest BCUT2D eigenvalue weighted by atomic mass is 10.1. The van der Waals surface area contributed by atoms with E-state index in [0.717, 1.165) is 15.4 Å². The maximum absolute atomic E-state index is 13.1. The van der Waals surface area contributed by atoms with Crippen molar-refractivity contribution in [2.75, 3.05) is 0 Å².